The number of alkyl halides is 2. The summed E-state index contributed by atoms with van der Waals surface area (Å²) in [5, 5.41) is 0.622. The van der Waals surface area contributed by atoms with Gasteiger partial charge in [0.15, 0.2) is 6.10 Å². The average Bonchev–Trinajstić information content (AvgIpc) is 2.51. The number of halogens is 3. The first-order chi connectivity index (χ1) is 11.5. The van der Waals surface area contributed by atoms with E-state index in [0.29, 0.717) is 26.5 Å². The Morgan fingerprint density at radius 1 is 1.28 bits per heavy atom. The van der Waals surface area contributed by atoms with E-state index in [1.807, 2.05) is 20.8 Å². The highest BCUT2D eigenvalue weighted by Gasteiger charge is 2.31. The van der Waals surface area contributed by atoms with E-state index in [1.165, 1.54) is 13.2 Å². The third-order valence-corrected chi connectivity index (χ3v) is 4.42. The lowest BCUT2D eigenvalue weighted by Crippen LogP contribution is -2.29. The molecular formula is C18H20BrF2NO3. The van der Waals surface area contributed by atoms with E-state index in [2.05, 4.69) is 20.9 Å². The number of carbonyl (C=O) groups excluding carboxylic acids is 1. The van der Waals surface area contributed by atoms with Crippen LogP contribution in [0.5, 0.6) is 0 Å². The molecule has 0 fully saturated rings. The standard InChI is InChI=1S/C18H20BrF2NO3/c1-9-8-12-10(6-7-11(22-12)16(20)21)14(19)13(9)15(17(23)24-5)25-18(2,3)4/h6-8,15-16H,1-5H3/t15-/m0/s1. The Kier molecular flexibility index (Phi) is 5.79. The van der Waals surface area contributed by atoms with Crippen molar-refractivity contribution in [3.63, 3.8) is 0 Å². The van der Waals surface area contributed by atoms with Crippen molar-refractivity contribution in [1.82, 2.24) is 4.98 Å². The monoisotopic (exact) mass is 415 g/mol. The van der Waals surface area contributed by atoms with E-state index in [9.17, 15) is 13.6 Å². The number of aryl methyl sites for hydroxylation is 1. The van der Waals surface area contributed by atoms with Crippen LogP contribution in [0.4, 0.5) is 8.78 Å². The van der Waals surface area contributed by atoms with Gasteiger partial charge in [-0.25, -0.2) is 18.6 Å². The van der Waals surface area contributed by atoms with Gasteiger partial charge >= 0.3 is 5.97 Å². The topological polar surface area (TPSA) is 48.4 Å². The van der Waals surface area contributed by atoms with Crippen LogP contribution in [-0.4, -0.2) is 23.7 Å². The zero-order valence-electron chi connectivity index (χ0n) is 14.7. The summed E-state index contributed by atoms with van der Waals surface area (Å²) < 4.78 is 37.1. The first-order valence-corrected chi connectivity index (χ1v) is 8.48. The SMILES string of the molecule is COC(=O)[C@@H](OC(C)(C)C)c1c(C)cc2nc(C(F)F)ccc2c1Br. The summed E-state index contributed by atoms with van der Waals surface area (Å²) >= 11 is 3.48. The summed E-state index contributed by atoms with van der Waals surface area (Å²) in [5.41, 5.74) is 0.836. The fraction of sp³-hybridized carbons (Fsp3) is 0.444. The molecule has 0 bridgehead atoms. The number of fused-ring (bicyclic) bond motifs is 1. The lowest BCUT2D eigenvalue weighted by Gasteiger charge is -2.28. The maximum Gasteiger partial charge on any atom is 0.339 e. The van der Waals surface area contributed by atoms with Gasteiger partial charge in [0.05, 0.1) is 18.2 Å². The van der Waals surface area contributed by atoms with Crippen molar-refractivity contribution in [2.75, 3.05) is 7.11 Å². The van der Waals surface area contributed by atoms with Gasteiger partial charge in [-0.3, -0.25) is 0 Å². The van der Waals surface area contributed by atoms with Gasteiger partial charge in [0, 0.05) is 15.4 Å². The number of pyridine rings is 1. The van der Waals surface area contributed by atoms with Crippen LogP contribution in [0.1, 0.15) is 50.1 Å². The Morgan fingerprint density at radius 3 is 2.44 bits per heavy atom. The fourth-order valence-electron chi connectivity index (χ4n) is 2.52. The third kappa shape index (κ3) is 4.33. The third-order valence-electron chi connectivity index (χ3n) is 3.57. The van der Waals surface area contributed by atoms with Crippen molar-refractivity contribution in [3.8, 4) is 0 Å². The second kappa shape index (κ2) is 7.33. The van der Waals surface area contributed by atoms with E-state index >= 15 is 0 Å². The molecule has 2 rings (SSSR count). The average molecular weight is 416 g/mol. The van der Waals surface area contributed by atoms with Gasteiger partial charge in [-0.2, -0.15) is 0 Å². The van der Waals surface area contributed by atoms with Crippen molar-refractivity contribution in [2.24, 2.45) is 0 Å². The first-order valence-electron chi connectivity index (χ1n) is 7.68. The van der Waals surface area contributed by atoms with Crippen molar-refractivity contribution < 1.29 is 23.0 Å². The van der Waals surface area contributed by atoms with Crippen LogP contribution >= 0.6 is 15.9 Å². The minimum absolute atomic E-state index is 0.290. The summed E-state index contributed by atoms with van der Waals surface area (Å²) in [7, 11) is 1.29. The Hall–Kier alpha value is -1.60. The largest absolute Gasteiger partial charge is 0.467 e. The molecule has 0 spiro atoms. The highest BCUT2D eigenvalue weighted by Crippen LogP contribution is 2.38. The molecule has 0 aliphatic rings. The van der Waals surface area contributed by atoms with Gasteiger partial charge in [-0.05, 0) is 67.4 Å². The molecule has 0 amide bonds. The Balaban J connectivity index is 2.66. The maximum atomic E-state index is 12.9. The Morgan fingerprint density at radius 2 is 1.92 bits per heavy atom. The normalized spacial score (nSPS) is 13.3. The fourth-order valence-corrected chi connectivity index (χ4v) is 3.37. The van der Waals surface area contributed by atoms with Gasteiger partial charge < -0.3 is 9.47 Å². The highest BCUT2D eigenvalue weighted by atomic mass is 79.9. The number of carbonyl (C=O) groups is 1. The molecule has 0 unspecified atom stereocenters. The van der Waals surface area contributed by atoms with Crippen LogP contribution in [0, 0.1) is 6.92 Å². The van der Waals surface area contributed by atoms with Crippen molar-refractivity contribution in [3.05, 3.63) is 39.5 Å². The van der Waals surface area contributed by atoms with E-state index in [1.54, 1.807) is 19.1 Å². The molecule has 2 aromatic rings. The molecule has 0 saturated heterocycles. The number of nitrogens with zero attached hydrogens (tertiary/aromatic N) is 1. The number of benzene rings is 1. The van der Waals surface area contributed by atoms with Crippen LogP contribution in [0.2, 0.25) is 0 Å². The molecule has 25 heavy (non-hydrogen) atoms. The first kappa shape index (κ1) is 19.7. The number of aromatic nitrogens is 1. The minimum Gasteiger partial charge on any atom is -0.467 e. The summed E-state index contributed by atoms with van der Waals surface area (Å²) in [4.78, 5) is 16.3. The van der Waals surface area contributed by atoms with Gasteiger partial charge in [-0.1, -0.05) is 0 Å². The van der Waals surface area contributed by atoms with Crippen LogP contribution in [0.15, 0.2) is 22.7 Å². The summed E-state index contributed by atoms with van der Waals surface area (Å²) in [6.07, 6.45) is -3.59. The van der Waals surface area contributed by atoms with Crippen LogP contribution in [-0.2, 0) is 14.3 Å². The lowest BCUT2D eigenvalue weighted by molar-refractivity contribution is -0.164. The van der Waals surface area contributed by atoms with Crippen molar-refractivity contribution >= 4 is 32.8 Å². The lowest BCUT2D eigenvalue weighted by atomic mass is 9.99. The van der Waals surface area contributed by atoms with E-state index < -0.39 is 24.1 Å². The molecular weight excluding hydrogens is 396 g/mol. The Bertz CT molecular complexity index is 803. The molecule has 1 aromatic carbocycles. The number of methoxy groups -OCH3 is 1. The molecule has 0 aliphatic heterocycles. The van der Waals surface area contributed by atoms with Crippen LogP contribution < -0.4 is 0 Å². The zero-order chi connectivity index (χ0) is 18.9. The molecule has 4 nitrogen and oxygen atoms in total. The van der Waals surface area contributed by atoms with E-state index in [4.69, 9.17) is 9.47 Å². The van der Waals surface area contributed by atoms with Gasteiger partial charge in [0.2, 0.25) is 0 Å². The van der Waals surface area contributed by atoms with Crippen LogP contribution in [0.25, 0.3) is 10.9 Å². The summed E-state index contributed by atoms with van der Waals surface area (Å²) in [5.74, 6) is -0.532. The molecule has 136 valence electrons. The minimum atomic E-state index is -2.64. The molecule has 0 N–H and O–H groups in total. The molecule has 0 radical (unpaired) electrons. The quantitative estimate of drug-likeness (QED) is 0.637. The number of esters is 1. The van der Waals surface area contributed by atoms with Gasteiger partial charge in [0.1, 0.15) is 5.69 Å². The van der Waals surface area contributed by atoms with E-state index in [-0.39, 0.29) is 5.69 Å². The molecule has 0 saturated carbocycles. The van der Waals surface area contributed by atoms with Crippen molar-refractivity contribution in [1.29, 1.82) is 0 Å². The molecule has 1 heterocycles. The number of ether oxygens (including phenoxy) is 2. The maximum absolute atomic E-state index is 12.9. The molecule has 0 aliphatic carbocycles. The number of hydrogen-bond acceptors (Lipinski definition) is 4. The second-order valence-electron chi connectivity index (χ2n) is 6.66. The zero-order valence-corrected chi connectivity index (χ0v) is 16.3. The van der Waals surface area contributed by atoms with E-state index in [0.717, 1.165) is 0 Å². The van der Waals surface area contributed by atoms with Crippen LogP contribution in [0.3, 0.4) is 0 Å². The van der Waals surface area contributed by atoms with Crippen molar-refractivity contribution in [2.45, 2.75) is 45.8 Å². The molecule has 7 heteroatoms. The highest BCUT2D eigenvalue weighted by molar-refractivity contribution is 9.10. The molecule has 1 atom stereocenters. The smallest absolute Gasteiger partial charge is 0.339 e. The number of rotatable bonds is 4. The summed E-state index contributed by atoms with van der Waals surface area (Å²) in [6, 6.07) is 4.50. The second-order valence-corrected chi connectivity index (χ2v) is 7.45. The Labute approximate surface area is 153 Å². The van der Waals surface area contributed by atoms with Gasteiger partial charge in [-0.15, -0.1) is 0 Å². The molecule has 1 aromatic heterocycles. The predicted octanol–water partition coefficient (Wildman–Crippen LogP) is 5.27. The predicted molar refractivity (Wildman–Crippen MR) is 94.7 cm³/mol. The van der Waals surface area contributed by atoms with Gasteiger partial charge in [0.25, 0.3) is 6.43 Å². The number of hydrogen-bond donors (Lipinski definition) is 0. The summed E-state index contributed by atoms with van der Waals surface area (Å²) in [6.45, 7) is 7.29.